The van der Waals surface area contributed by atoms with Gasteiger partial charge in [-0.3, -0.25) is 9.78 Å². The van der Waals surface area contributed by atoms with Gasteiger partial charge in [-0.25, -0.2) is 0 Å². The second kappa shape index (κ2) is 3.17. The second-order valence-corrected chi connectivity index (χ2v) is 3.48. The standard InChI is InChI=1S/C10H12N2O/c1-7-6-9(13)12-10(7)8-4-2-3-5-11-8/h2-5,7,10H,6H2,1H3,(H,12,13). The third kappa shape index (κ3) is 1.54. The van der Waals surface area contributed by atoms with Gasteiger partial charge in [-0.05, 0) is 18.1 Å². The van der Waals surface area contributed by atoms with Crippen LogP contribution in [-0.2, 0) is 4.79 Å². The highest BCUT2D eigenvalue weighted by molar-refractivity contribution is 5.79. The number of carbonyl (C=O) groups is 1. The molecule has 1 amide bonds. The van der Waals surface area contributed by atoms with E-state index >= 15 is 0 Å². The molecule has 1 aliphatic heterocycles. The van der Waals surface area contributed by atoms with Gasteiger partial charge in [-0.1, -0.05) is 13.0 Å². The van der Waals surface area contributed by atoms with E-state index in [4.69, 9.17) is 0 Å². The van der Waals surface area contributed by atoms with Crippen molar-refractivity contribution in [2.45, 2.75) is 19.4 Å². The molecule has 1 fully saturated rings. The summed E-state index contributed by atoms with van der Waals surface area (Å²) in [5.41, 5.74) is 0.959. The summed E-state index contributed by atoms with van der Waals surface area (Å²) in [5.74, 6) is 0.477. The molecule has 1 N–H and O–H groups in total. The average Bonchev–Trinajstić information content (AvgIpc) is 2.47. The summed E-state index contributed by atoms with van der Waals surface area (Å²) in [7, 11) is 0. The molecule has 3 nitrogen and oxygen atoms in total. The Morgan fingerprint density at radius 1 is 1.54 bits per heavy atom. The zero-order valence-electron chi connectivity index (χ0n) is 7.53. The first-order chi connectivity index (χ1) is 6.27. The van der Waals surface area contributed by atoms with Crippen molar-refractivity contribution < 1.29 is 4.79 Å². The first kappa shape index (κ1) is 8.23. The van der Waals surface area contributed by atoms with Crippen LogP contribution in [0.25, 0.3) is 0 Å². The van der Waals surface area contributed by atoms with E-state index in [0.29, 0.717) is 12.3 Å². The van der Waals surface area contributed by atoms with Crippen molar-refractivity contribution >= 4 is 5.91 Å². The van der Waals surface area contributed by atoms with E-state index in [1.54, 1.807) is 6.20 Å². The highest BCUT2D eigenvalue weighted by Gasteiger charge is 2.30. The molecule has 0 radical (unpaired) electrons. The van der Waals surface area contributed by atoms with Gasteiger partial charge < -0.3 is 5.32 Å². The number of carbonyl (C=O) groups excluding carboxylic acids is 1. The van der Waals surface area contributed by atoms with Gasteiger partial charge in [0.05, 0.1) is 11.7 Å². The van der Waals surface area contributed by atoms with Crippen LogP contribution in [0.15, 0.2) is 24.4 Å². The first-order valence-electron chi connectivity index (χ1n) is 4.47. The molecule has 68 valence electrons. The molecule has 0 spiro atoms. The maximum absolute atomic E-state index is 11.1. The topological polar surface area (TPSA) is 42.0 Å². The lowest BCUT2D eigenvalue weighted by molar-refractivity contribution is -0.119. The monoisotopic (exact) mass is 176 g/mol. The van der Waals surface area contributed by atoms with Crippen LogP contribution in [0.3, 0.4) is 0 Å². The summed E-state index contributed by atoms with van der Waals surface area (Å²) < 4.78 is 0. The van der Waals surface area contributed by atoms with Gasteiger partial charge in [-0.15, -0.1) is 0 Å². The molecule has 2 rings (SSSR count). The number of rotatable bonds is 1. The Bertz CT molecular complexity index is 310. The van der Waals surface area contributed by atoms with Gasteiger partial charge in [0.1, 0.15) is 0 Å². The number of hydrogen-bond donors (Lipinski definition) is 1. The van der Waals surface area contributed by atoms with Crippen LogP contribution < -0.4 is 5.32 Å². The molecule has 0 aromatic carbocycles. The lowest BCUT2D eigenvalue weighted by Gasteiger charge is -2.13. The fourth-order valence-electron chi connectivity index (χ4n) is 1.71. The van der Waals surface area contributed by atoms with Crippen LogP contribution in [0.4, 0.5) is 0 Å². The highest BCUT2D eigenvalue weighted by atomic mass is 16.2. The van der Waals surface area contributed by atoms with Crippen molar-refractivity contribution in [1.82, 2.24) is 10.3 Å². The molecule has 0 aliphatic carbocycles. The van der Waals surface area contributed by atoms with Crippen LogP contribution in [0.2, 0.25) is 0 Å². The van der Waals surface area contributed by atoms with Gasteiger partial charge in [0.25, 0.3) is 0 Å². The molecule has 3 heteroatoms. The van der Waals surface area contributed by atoms with E-state index in [9.17, 15) is 4.79 Å². The Morgan fingerprint density at radius 3 is 2.92 bits per heavy atom. The van der Waals surface area contributed by atoms with Crippen LogP contribution in [0.1, 0.15) is 25.1 Å². The molecule has 1 saturated heterocycles. The quantitative estimate of drug-likeness (QED) is 0.700. The SMILES string of the molecule is CC1CC(=O)NC1c1ccccn1. The maximum atomic E-state index is 11.1. The Labute approximate surface area is 77.2 Å². The smallest absolute Gasteiger partial charge is 0.220 e. The van der Waals surface area contributed by atoms with Crippen LogP contribution in [-0.4, -0.2) is 10.9 Å². The number of hydrogen-bond acceptors (Lipinski definition) is 2. The van der Waals surface area contributed by atoms with Crippen LogP contribution in [0, 0.1) is 5.92 Å². The highest BCUT2D eigenvalue weighted by Crippen LogP contribution is 2.27. The summed E-state index contributed by atoms with van der Waals surface area (Å²) in [6.07, 6.45) is 2.37. The minimum atomic E-state index is 0.105. The van der Waals surface area contributed by atoms with E-state index in [1.807, 2.05) is 18.2 Å². The third-order valence-electron chi connectivity index (χ3n) is 2.40. The van der Waals surface area contributed by atoms with Crippen molar-refractivity contribution in [3.05, 3.63) is 30.1 Å². The van der Waals surface area contributed by atoms with Crippen molar-refractivity contribution in [3.8, 4) is 0 Å². The molecule has 0 saturated carbocycles. The van der Waals surface area contributed by atoms with Crippen LogP contribution >= 0.6 is 0 Å². The Balaban J connectivity index is 2.23. The van der Waals surface area contributed by atoms with Gasteiger partial charge in [0.15, 0.2) is 0 Å². The molecule has 1 aliphatic rings. The van der Waals surface area contributed by atoms with Crippen LogP contribution in [0.5, 0.6) is 0 Å². The molecule has 13 heavy (non-hydrogen) atoms. The summed E-state index contributed by atoms with van der Waals surface area (Å²) in [5, 5.41) is 2.92. The first-order valence-corrected chi connectivity index (χ1v) is 4.47. The minimum absolute atomic E-state index is 0.105. The zero-order chi connectivity index (χ0) is 9.26. The molecule has 1 aromatic heterocycles. The predicted octanol–water partition coefficient (Wildman–Crippen LogP) is 1.28. The molecular weight excluding hydrogens is 164 g/mol. The van der Waals surface area contributed by atoms with Gasteiger partial charge in [0.2, 0.25) is 5.91 Å². The molecule has 2 atom stereocenters. The predicted molar refractivity (Wildman–Crippen MR) is 48.9 cm³/mol. The number of aromatic nitrogens is 1. The van der Waals surface area contributed by atoms with E-state index in [1.165, 1.54) is 0 Å². The van der Waals surface area contributed by atoms with E-state index in [-0.39, 0.29) is 11.9 Å². The number of nitrogens with zero attached hydrogens (tertiary/aromatic N) is 1. The molecule has 2 heterocycles. The molecular formula is C10H12N2O. The van der Waals surface area contributed by atoms with Crippen molar-refractivity contribution in [2.75, 3.05) is 0 Å². The summed E-state index contributed by atoms with van der Waals surface area (Å²) in [4.78, 5) is 15.3. The van der Waals surface area contributed by atoms with Crippen molar-refractivity contribution in [3.63, 3.8) is 0 Å². The van der Waals surface area contributed by atoms with Gasteiger partial charge in [0, 0.05) is 12.6 Å². The number of pyridine rings is 1. The molecule has 2 unspecified atom stereocenters. The number of nitrogens with one attached hydrogen (secondary N) is 1. The largest absolute Gasteiger partial charge is 0.347 e. The fraction of sp³-hybridized carbons (Fsp3) is 0.400. The summed E-state index contributed by atoms with van der Waals surface area (Å²) in [6.45, 7) is 2.07. The maximum Gasteiger partial charge on any atom is 0.220 e. The lowest BCUT2D eigenvalue weighted by Crippen LogP contribution is -2.20. The third-order valence-corrected chi connectivity index (χ3v) is 2.40. The van der Waals surface area contributed by atoms with Crippen molar-refractivity contribution in [2.24, 2.45) is 5.92 Å². The Hall–Kier alpha value is -1.38. The van der Waals surface area contributed by atoms with E-state index < -0.39 is 0 Å². The molecule has 0 bridgehead atoms. The lowest BCUT2D eigenvalue weighted by atomic mass is 10.0. The van der Waals surface area contributed by atoms with Gasteiger partial charge in [-0.2, -0.15) is 0 Å². The zero-order valence-corrected chi connectivity index (χ0v) is 7.53. The molecule has 1 aromatic rings. The summed E-state index contributed by atoms with van der Waals surface area (Å²) in [6, 6.07) is 5.88. The normalized spacial score (nSPS) is 27.3. The average molecular weight is 176 g/mol. The second-order valence-electron chi connectivity index (χ2n) is 3.48. The number of amides is 1. The Morgan fingerprint density at radius 2 is 2.38 bits per heavy atom. The van der Waals surface area contributed by atoms with Crippen molar-refractivity contribution in [1.29, 1.82) is 0 Å². The Kier molecular flexibility index (Phi) is 2.00. The summed E-state index contributed by atoms with van der Waals surface area (Å²) >= 11 is 0. The minimum Gasteiger partial charge on any atom is -0.347 e. The van der Waals surface area contributed by atoms with Gasteiger partial charge >= 0.3 is 0 Å². The fourth-order valence-corrected chi connectivity index (χ4v) is 1.71. The van der Waals surface area contributed by atoms with E-state index in [0.717, 1.165) is 5.69 Å². The van der Waals surface area contributed by atoms with E-state index in [2.05, 4.69) is 17.2 Å².